The minimum Gasteiger partial charge on any atom is -0.481 e. The van der Waals surface area contributed by atoms with Crippen LogP contribution in [0.3, 0.4) is 0 Å². The summed E-state index contributed by atoms with van der Waals surface area (Å²) in [7, 11) is 5.11. The van der Waals surface area contributed by atoms with Crippen molar-refractivity contribution in [3.8, 4) is 5.88 Å². The number of ether oxygens (including phenoxy) is 1. The van der Waals surface area contributed by atoms with Crippen molar-refractivity contribution in [2.24, 2.45) is 12.1 Å². The van der Waals surface area contributed by atoms with Gasteiger partial charge in [-0.2, -0.15) is 10.2 Å². The van der Waals surface area contributed by atoms with Crippen LogP contribution in [0, 0.1) is 6.92 Å². The van der Waals surface area contributed by atoms with E-state index in [2.05, 4.69) is 10.2 Å². The second kappa shape index (κ2) is 6.43. The summed E-state index contributed by atoms with van der Waals surface area (Å²) in [4.78, 5) is 11.8. The van der Waals surface area contributed by atoms with Gasteiger partial charge in [0.15, 0.2) is 0 Å². The van der Waals surface area contributed by atoms with Gasteiger partial charge in [-0.1, -0.05) is 18.2 Å². The highest BCUT2D eigenvalue weighted by Gasteiger charge is 2.23. The van der Waals surface area contributed by atoms with E-state index in [1.54, 1.807) is 24.9 Å². The smallest absolute Gasteiger partial charge is 0.275 e. The highest BCUT2D eigenvalue weighted by atomic mass is 16.5. The summed E-state index contributed by atoms with van der Waals surface area (Å²) in [6, 6.07) is 0. The third-order valence-electron chi connectivity index (χ3n) is 3.37. The maximum absolute atomic E-state index is 11.8. The van der Waals surface area contributed by atoms with Crippen LogP contribution in [-0.4, -0.2) is 40.6 Å². The molecule has 1 aromatic rings. The normalized spacial score (nSPS) is 17.3. The zero-order valence-electron chi connectivity index (χ0n) is 13.5. The molecule has 0 aliphatic carbocycles. The number of likely N-dealkylation sites (N-methyl/N-ethyl adjacent to an activating group) is 1. The molecular weight excluding hydrogens is 280 g/mol. The van der Waals surface area contributed by atoms with Crippen molar-refractivity contribution in [3.63, 3.8) is 0 Å². The molecular formula is C16H20N4O2. The first-order valence-corrected chi connectivity index (χ1v) is 6.92. The van der Waals surface area contributed by atoms with Crippen LogP contribution in [0.5, 0.6) is 5.88 Å². The summed E-state index contributed by atoms with van der Waals surface area (Å²) in [6.45, 7) is 3.75. The third-order valence-corrected chi connectivity index (χ3v) is 3.37. The van der Waals surface area contributed by atoms with Crippen LogP contribution in [0.4, 0.5) is 0 Å². The van der Waals surface area contributed by atoms with Crippen LogP contribution < -0.4 is 4.74 Å². The largest absolute Gasteiger partial charge is 0.481 e. The summed E-state index contributed by atoms with van der Waals surface area (Å²) < 4.78 is 7.02. The molecule has 116 valence electrons. The molecule has 0 N–H and O–H groups in total. The van der Waals surface area contributed by atoms with Crippen LogP contribution in [0.15, 0.2) is 35.0 Å². The summed E-state index contributed by atoms with van der Waals surface area (Å²) in [5.41, 5.74) is 3.18. The Morgan fingerprint density at radius 2 is 1.86 bits per heavy atom. The minimum atomic E-state index is -0.0871. The number of carbonyl (C=O) groups excluding carboxylic acids is 1. The second-order valence-electron chi connectivity index (χ2n) is 4.97. The van der Waals surface area contributed by atoms with Crippen molar-refractivity contribution in [2.75, 3.05) is 14.2 Å². The first-order valence-electron chi connectivity index (χ1n) is 6.92. The molecule has 0 fully saturated rings. The zero-order valence-corrected chi connectivity index (χ0v) is 13.5. The van der Waals surface area contributed by atoms with Gasteiger partial charge in [0.05, 0.1) is 29.7 Å². The van der Waals surface area contributed by atoms with Gasteiger partial charge in [-0.15, -0.1) is 0 Å². The number of hydrogen-bond donors (Lipinski definition) is 0. The maximum Gasteiger partial charge on any atom is 0.275 e. The molecule has 22 heavy (non-hydrogen) atoms. The first kappa shape index (κ1) is 15.8. The molecule has 0 bridgehead atoms. The Morgan fingerprint density at radius 1 is 1.14 bits per heavy atom. The molecule has 1 aromatic heterocycles. The highest BCUT2D eigenvalue weighted by molar-refractivity contribution is 6.23. The van der Waals surface area contributed by atoms with Crippen LogP contribution in [0.25, 0.3) is 6.08 Å². The molecule has 2 rings (SSSR count). The lowest BCUT2D eigenvalue weighted by Crippen LogP contribution is -2.16. The van der Waals surface area contributed by atoms with Crippen LogP contribution in [0.2, 0.25) is 0 Å². The summed E-state index contributed by atoms with van der Waals surface area (Å²) >= 11 is 0. The van der Waals surface area contributed by atoms with E-state index in [0.29, 0.717) is 5.57 Å². The van der Waals surface area contributed by atoms with Gasteiger partial charge in [-0.3, -0.25) is 4.79 Å². The van der Waals surface area contributed by atoms with E-state index in [9.17, 15) is 4.79 Å². The average Bonchev–Trinajstić information content (AvgIpc) is 2.87. The summed E-state index contributed by atoms with van der Waals surface area (Å²) in [5.74, 6) is 0.631. The Kier molecular flexibility index (Phi) is 4.60. The number of hydrogen-bond acceptors (Lipinski definition) is 4. The monoisotopic (exact) mass is 300 g/mol. The summed E-state index contributed by atoms with van der Waals surface area (Å²) in [5, 5.41) is 9.74. The predicted octanol–water partition coefficient (Wildman–Crippen LogP) is 2.08. The molecule has 1 amide bonds. The Bertz CT molecular complexity index is 708. The lowest BCUT2D eigenvalue weighted by Gasteiger charge is -2.00. The Morgan fingerprint density at radius 3 is 2.45 bits per heavy atom. The molecule has 6 heteroatoms. The molecule has 0 saturated carbocycles. The van der Waals surface area contributed by atoms with Crippen molar-refractivity contribution in [1.29, 1.82) is 0 Å². The van der Waals surface area contributed by atoms with Gasteiger partial charge < -0.3 is 4.74 Å². The Balaban J connectivity index is 2.11. The maximum atomic E-state index is 11.8. The number of aromatic nitrogens is 2. The molecule has 1 aliphatic heterocycles. The molecule has 6 nitrogen and oxygen atoms in total. The molecule has 0 spiro atoms. The van der Waals surface area contributed by atoms with E-state index in [1.807, 2.05) is 45.2 Å². The SMILES string of the molecule is COc1c(/C=C/C=C/C=C2\C(=O)N(C)N=C2C)c(C)nn1C. The molecule has 0 radical (unpaired) electrons. The van der Waals surface area contributed by atoms with E-state index in [-0.39, 0.29) is 5.91 Å². The fourth-order valence-corrected chi connectivity index (χ4v) is 2.30. The van der Waals surface area contributed by atoms with Gasteiger partial charge in [0.1, 0.15) is 0 Å². The van der Waals surface area contributed by atoms with E-state index < -0.39 is 0 Å². The topological polar surface area (TPSA) is 59.7 Å². The molecule has 2 heterocycles. The first-order chi connectivity index (χ1) is 10.5. The quantitative estimate of drug-likeness (QED) is 0.632. The van der Waals surface area contributed by atoms with E-state index in [0.717, 1.165) is 22.8 Å². The van der Waals surface area contributed by atoms with Gasteiger partial charge in [-0.05, 0) is 26.0 Å². The number of aryl methyl sites for hydroxylation is 2. The van der Waals surface area contributed by atoms with E-state index >= 15 is 0 Å². The second-order valence-corrected chi connectivity index (χ2v) is 4.97. The van der Waals surface area contributed by atoms with Crippen molar-refractivity contribution in [3.05, 3.63) is 41.1 Å². The number of hydrazone groups is 1. The Labute approximate surface area is 130 Å². The van der Waals surface area contributed by atoms with Gasteiger partial charge >= 0.3 is 0 Å². The number of methoxy groups -OCH3 is 1. The molecule has 0 unspecified atom stereocenters. The van der Waals surface area contributed by atoms with E-state index in [1.165, 1.54) is 5.01 Å². The number of amides is 1. The predicted molar refractivity (Wildman–Crippen MR) is 86.6 cm³/mol. The number of carbonyl (C=O) groups is 1. The lowest BCUT2D eigenvalue weighted by atomic mass is 10.1. The van der Waals surface area contributed by atoms with Crippen molar-refractivity contribution in [1.82, 2.24) is 14.8 Å². The van der Waals surface area contributed by atoms with Gasteiger partial charge in [0.25, 0.3) is 5.91 Å². The number of allylic oxidation sites excluding steroid dienone is 4. The van der Waals surface area contributed by atoms with Crippen molar-refractivity contribution >= 4 is 17.7 Å². The number of rotatable bonds is 4. The van der Waals surface area contributed by atoms with Crippen LogP contribution in [0.1, 0.15) is 18.2 Å². The molecule has 0 saturated heterocycles. The van der Waals surface area contributed by atoms with E-state index in [4.69, 9.17) is 4.74 Å². The summed E-state index contributed by atoms with van der Waals surface area (Å²) in [6.07, 6.45) is 9.26. The van der Waals surface area contributed by atoms with Gasteiger partial charge in [0.2, 0.25) is 5.88 Å². The fraction of sp³-hybridized carbons (Fsp3) is 0.312. The molecule has 0 atom stereocenters. The highest BCUT2D eigenvalue weighted by Crippen LogP contribution is 2.22. The molecule has 0 aromatic carbocycles. The minimum absolute atomic E-state index is 0.0871. The fourth-order valence-electron chi connectivity index (χ4n) is 2.30. The average molecular weight is 300 g/mol. The number of nitrogens with zero attached hydrogens (tertiary/aromatic N) is 4. The zero-order chi connectivity index (χ0) is 16.3. The standard InChI is InChI=1S/C16H20N4O2/c1-11-13(15(21)19(3)17-11)9-7-6-8-10-14-12(2)18-20(4)16(14)22-5/h6-10H,1-5H3/b7-6+,10-8+,13-9-. The van der Waals surface area contributed by atoms with Crippen LogP contribution >= 0.6 is 0 Å². The van der Waals surface area contributed by atoms with Crippen molar-refractivity contribution < 1.29 is 9.53 Å². The third kappa shape index (κ3) is 3.00. The van der Waals surface area contributed by atoms with Gasteiger partial charge in [-0.25, -0.2) is 9.69 Å². The Hall–Kier alpha value is -2.63. The lowest BCUT2D eigenvalue weighted by molar-refractivity contribution is -0.124. The molecule has 1 aliphatic rings. The van der Waals surface area contributed by atoms with Gasteiger partial charge in [0, 0.05) is 14.1 Å². The van der Waals surface area contributed by atoms with Crippen LogP contribution in [-0.2, 0) is 11.8 Å². The van der Waals surface area contributed by atoms with Crippen molar-refractivity contribution in [2.45, 2.75) is 13.8 Å².